The number of carbonyl (C=O) groups is 5. The van der Waals surface area contributed by atoms with Gasteiger partial charge in [-0.2, -0.15) is 26.3 Å². The van der Waals surface area contributed by atoms with Crippen LogP contribution in [0.3, 0.4) is 0 Å². The third kappa shape index (κ3) is 11.7. The Morgan fingerprint density at radius 2 is 1.15 bits per heavy atom. The second kappa shape index (κ2) is 22.2. The van der Waals surface area contributed by atoms with Crippen LogP contribution in [0, 0.1) is 0 Å². The average molecular weight is 1010 g/mol. The van der Waals surface area contributed by atoms with E-state index in [1.165, 1.54) is 31.2 Å². The van der Waals surface area contributed by atoms with Gasteiger partial charge in [0, 0.05) is 53.8 Å². The normalized spacial score (nSPS) is 17.6. The average Bonchev–Trinajstić information content (AvgIpc) is 3.27. The molecule has 7 rings (SSSR count). The number of halogens is 8. The molecule has 0 saturated carbocycles. The summed E-state index contributed by atoms with van der Waals surface area (Å²) in [5.74, 6) is -1.08. The van der Waals surface area contributed by atoms with Crippen LogP contribution in [0.1, 0.15) is 38.3 Å². The zero-order chi connectivity index (χ0) is 49.4. The predicted molar refractivity (Wildman–Crippen MR) is 243 cm³/mol. The van der Waals surface area contributed by atoms with E-state index in [-0.39, 0.29) is 28.8 Å². The van der Waals surface area contributed by atoms with Crippen LogP contribution in [0.25, 0.3) is 0 Å². The fraction of sp³-hybridized carbons (Fsp3) is 0.217. The lowest BCUT2D eigenvalue weighted by Gasteiger charge is -2.41. The molecule has 22 heteroatoms. The first kappa shape index (κ1) is 54.2. The molecule has 0 saturated heterocycles. The molecular weight excluding hydrogens is 972 g/mol. The van der Waals surface area contributed by atoms with E-state index in [4.69, 9.17) is 33.0 Å². The van der Waals surface area contributed by atoms with E-state index >= 15 is 0 Å². The van der Waals surface area contributed by atoms with E-state index in [1.54, 1.807) is 5.80 Å². The number of nitrogens with one attached hydrogen (secondary N) is 2. The number of benzene rings is 5. The third-order valence-corrected chi connectivity index (χ3v) is 14.4. The van der Waals surface area contributed by atoms with Crippen molar-refractivity contribution in [1.29, 1.82) is 0 Å². The molecule has 1 unspecified atom stereocenters. The Morgan fingerprint density at radius 3 is 1.54 bits per heavy atom. The van der Waals surface area contributed by atoms with Gasteiger partial charge in [0.15, 0.2) is 0 Å². The highest BCUT2D eigenvalue weighted by molar-refractivity contribution is 7.95. The zero-order valence-corrected chi connectivity index (χ0v) is 37.1. The number of alkyl halides is 6. The van der Waals surface area contributed by atoms with Gasteiger partial charge in [-0.3, -0.25) is 20.2 Å². The van der Waals surface area contributed by atoms with Gasteiger partial charge in [0.1, 0.15) is 0 Å². The summed E-state index contributed by atoms with van der Waals surface area (Å²) < 4.78 is 98.8. The van der Waals surface area contributed by atoms with Crippen LogP contribution in [0.4, 0.5) is 47.3 Å². The SMILES string of the molecule is C.CC(=O)OC(=O)C=P(c1ccccc1)(c1ccccc1)c1ccccc1.COC(O)[C@]1(C(F)(F)F)OC(=O)Nc2ccc(Cl)cc21.O=C(O)CC[C@]1(C(F)(F)F)OC(=O)Nc2ccc(Cl)cc21. The van der Waals surface area contributed by atoms with Gasteiger partial charge in [0.25, 0.3) is 5.60 Å². The molecule has 0 aliphatic carbocycles. The Balaban J connectivity index is 0.000000223. The van der Waals surface area contributed by atoms with Crippen molar-refractivity contribution in [1.82, 2.24) is 0 Å². The van der Waals surface area contributed by atoms with E-state index < -0.39 is 90.8 Å². The number of fused-ring (bicyclic) bond motifs is 2. The number of esters is 2. The third-order valence-electron chi connectivity index (χ3n) is 9.97. The number of rotatable bonds is 9. The van der Waals surface area contributed by atoms with Gasteiger partial charge in [-0.1, -0.05) is 122 Å². The fourth-order valence-corrected chi connectivity index (χ4v) is 11.1. The van der Waals surface area contributed by atoms with Gasteiger partial charge in [-0.05, 0) is 59.2 Å². The number of anilines is 2. The van der Waals surface area contributed by atoms with Crippen molar-refractivity contribution in [2.75, 3.05) is 17.7 Å². The predicted octanol–water partition coefficient (Wildman–Crippen LogP) is 9.66. The number of cyclic esters (lactones) is 2. The number of aliphatic hydroxyl groups excluding tert-OH is 1. The van der Waals surface area contributed by atoms with E-state index in [2.05, 4.69) is 24.8 Å². The molecule has 2 heterocycles. The number of carboxylic acid groups (broad SMARTS) is 1. The molecule has 0 fully saturated rings. The van der Waals surface area contributed by atoms with E-state index in [0.717, 1.165) is 35.2 Å². The number of aliphatic hydroxyl groups is 1. The monoisotopic (exact) mass is 1010 g/mol. The topological polar surface area (TPSA) is 187 Å². The van der Waals surface area contributed by atoms with Gasteiger partial charge in [-0.15, -0.1) is 0 Å². The highest BCUT2D eigenvalue weighted by atomic mass is 35.5. The first-order valence-electron chi connectivity index (χ1n) is 19.3. The van der Waals surface area contributed by atoms with Crippen LogP contribution < -0.4 is 26.5 Å². The maximum Gasteiger partial charge on any atom is 0.438 e. The molecule has 0 aromatic heterocycles. The molecular formula is C46H41Cl2F6N2O11P. The lowest BCUT2D eigenvalue weighted by Crippen LogP contribution is -2.58. The molecule has 13 nitrogen and oxygen atoms in total. The second-order valence-electron chi connectivity index (χ2n) is 14.2. The Hall–Kier alpha value is -6.37. The van der Waals surface area contributed by atoms with E-state index in [1.807, 2.05) is 91.0 Å². The molecule has 5 aromatic carbocycles. The molecule has 5 aromatic rings. The molecule has 0 bridgehead atoms. The summed E-state index contributed by atoms with van der Waals surface area (Å²) in [5, 5.41) is 25.6. The highest BCUT2D eigenvalue weighted by Crippen LogP contribution is 2.52. The number of methoxy groups -OCH3 is 1. The smallest absolute Gasteiger partial charge is 0.438 e. The summed E-state index contributed by atoms with van der Waals surface area (Å²) in [6.45, 7) is -1.18. The van der Waals surface area contributed by atoms with Crippen molar-refractivity contribution in [3.63, 3.8) is 0 Å². The minimum Gasteiger partial charge on any atom is -0.481 e. The number of hydrogen-bond acceptors (Lipinski definition) is 10. The van der Waals surface area contributed by atoms with Crippen molar-refractivity contribution >= 4 is 93.3 Å². The number of ether oxygens (including phenoxy) is 4. The molecule has 3 atom stereocenters. The summed E-state index contributed by atoms with van der Waals surface area (Å²) in [6, 6.07) is 36.7. The Morgan fingerprint density at radius 1 is 0.721 bits per heavy atom. The summed E-state index contributed by atoms with van der Waals surface area (Å²) in [5.41, 5.74) is -7.61. The Kier molecular flexibility index (Phi) is 17.7. The second-order valence-corrected chi connectivity index (χ2v) is 18.3. The lowest BCUT2D eigenvalue weighted by atomic mass is 9.86. The summed E-state index contributed by atoms with van der Waals surface area (Å²) in [4.78, 5) is 57.2. The summed E-state index contributed by atoms with van der Waals surface area (Å²) >= 11 is 11.4. The van der Waals surface area contributed by atoms with Crippen LogP contribution in [0.5, 0.6) is 0 Å². The Bertz CT molecular complexity index is 2580. The van der Waals surface area contributed by atoms with E-state index in [9.17, 15) is 55.4 Å². The van der Waals surface area contributed by atoms with Gasteiger partial charge in [0.2, 0.25) is 11.9 Å². The van der Waals surface area contributed by atoms with Crippen molar-refractivity contribution < 1.29 is 79.5 Å². The zero-order valence-electron chi connectivity index (χ0n) is 34.7. The van der Waals surface area contributed by atoms with Crippen LogP contribution in [-0.4, -0.2) is 71.9 Å². The minimum absolute atomic E-state index is 0. The van der Waals surface area contributed by atoms with Gasteiger partial charge < -0.3 is 29.2 Å². The number of carboxylic acids is 1. The molecule has 2 aliphatic heterocycles. The molecule has 0 radical (unpaired) electrons. The fourth-order valence-electron chi connectivity index (χ4n) is 7.08. The largest absolute Gasteiger partial charge is 0.481 e. The van der Waals surface area contributed by atoms with Gasteiger partial charge in [-0.25, -0.2) is 14.4 Å². The highest BCUT2D eigenvalue weighted by Gasteiger charge is 2.67. The molecule has 4 N–H and O–H groups in total. The molecule has 2 aliphatic rings. The van der Waals surface area contributed by atoms with Crippen molar-refractivity contribution in [3.8, 4) is 0 Å². The minimum atomic E-state index is -5.11. The quantitative estimate of drug-likeness (QED) is 0.0275. The molecule has 2 amide bonds. The maximum atomic E-state index is 13.5. The van der Waals surface area contributed by atoms with Gasteiger partial charge >= 0.3 is 42.4 Å². The van der Waals surface area contributed by atoms with E-state index in [0.29, 0.717) is 0 Å². The number of aliphatic carboxylic acids is 1. The number of carbonyl (C=O) groups excluding carboxylic acids is 4. The molecule has 0 spiro atoms. The number of hydrogen-bond donors (Lipinski definition) is 4. The first-order chi connectivity index (χ1) is 31.5. The summed E-state index contributed by atoms with van der Waals surface area (Å²) in [6.07, 6.45) is -16.9. The lowest BCUT2D eigenvalue weighted by molar-refractivity contribution is -0.336. The number of amides is 2. The van der Waals surface area contributed by atoms with Crippen LogP contribution >= 0.6 is 30.1 Å². The van der Waals surface area contributed by atoms with Crippen molar-refractivity contribution in [2.45, 2.75) is 57.0 Å². The maximum absolute atomic E-state index is 13.5. The molecule has 362 valence electrons. The van der Waals surface area contributed by atoms with Crippen LogP contribution in [0.15, 0.2) is 127 Å². The van der Waals surface area contributed by atoms with Crippen molar-refractivity contribution in [2.24, 2.45) is 0 Å². The molecule has 68 heavy (non-hydrogen) atoms. The Labute approximate surface area is 394 Å². The van der Waals surface area contributed by atoms with Crippen molar-refractivity contribution in [3.05, 3.63) is 149 Å². The van der Waals surface area contributed by atoms with Crippen LogP contribution in [0.2, 0.25) is 10.0 Å². The standard InChI is InChI=1S/C22H19O3P.C12H9ClF3NO4.C11H9ClF3NO4.CH4/c1-18(23)25-22(24)17-26(19-11-5-2-6-12-19,20-13-7-3-8-14-20)21-15-9-4-10-16-21;13-6-1-2-8-7(5-6)11(12(14,15)16,4-3-9(18)19)21-10(20)17-8;1-19-8(17)10(11(13,14)15)6-4-5(12)2-3-7(6)16-9(18)20-10;/h2-17H,1H3;1-2,5H,3-4H2,(H,17,20)(H,18,19);2-4,8,17H,1H3,(H,16,18);1H4/t;11-;8?,10-;/m.01./s1. The van der Waals surface area contributed by atoms with Crippen LogP contribution in [-0.2, 0) is 44.5 Å². The summed E-state index contributed by atoms with van der Waals surface area (Å²) in [7, 11) is 0.859. The van der Waals surface area contributed by atoms with Gasteiger partial charge in [0.05, 0.1) is 11.4 Å². The first-order valence-corrected chi connectivity index (χ1v) is 21.9.